The number of β-amino-alcohol motifs (C(OH)–C–C–N with tert-alkyl or cyclic N) is 1. The molecule has 0 unspecified atom stereocenters. The van der Waals surface area contributed by atoms with E-state index in [0.717, 1.165) is 30.0 Å². The van der Waals surface area contributed by atoms with Gasteiger partial charge in [0.15, 0.2) is 17.1 Å². The molecule has 0 aliphatic carbocycles. The zero-order valence-corrected chi connectivity index (χ0v) is 27.9. The molecule has 1 atom stereocenters. The number of pyridine rings is 2. The first-order valence-corrected chi connectivity index (χ1v) is 16.9. The van der Waals surface area contributed by atoms with Crippen LogP contribution in [0.2, 0.25) is 0 Å². The summed E-state index contributed by atoms with van der Waals surface area (Å²) in [5, 5.41) is 15.6. The lowest BCUT2D eigenvalue weighted by atomic mass is 10.1. The van der Waals surface area contributed by atoms with Crippen molar-refractivity contribution in [1.29, 1.82) is 0 Å². The number of aliphatic hydroxyl groups excluding tert-OH is 1. The fourth-order valence-electron chi connectivity index (χ4n) is 6.61. The molecule has 3 fully saturated rings. The first-order valence-electron chi connectivity index (χ1n) is 16.9. The van der Waals surface area contributed by atoms with Crippen molar-refractivity contribution >= 4 is 52.3 Å². The van der Waals surface area contributed by atoms with E-state index in [1.54, 1.807) is 23.2 Å². The van der Waals surface area contributed by atoms with Crippen LogP contribution in [0.25, 0.3) is 22.7 Å². The fourth-order valence-corrected chi connectivity index (χ4v) is 6.61. The topological polar surface area (TPSA) is 186 Å². The maximum atomic E-state index is 13.4. The highest BCUT2D eigenvalue weighted by Crippen LogP contribution is 2.33. The first-order chi connectivity index (χ1) is 24.8. The Morgan fingerprint density at radius 3 is 2.67 bits per heavy atom. The minimum Gasteiger partial charge on any atom is -0.444 e. The van der Waals surface area contributed by atoms with Crippen LogP contribution < -0.4 is 25.3 Å². The van der Waals surface area contributed by atoms with Gasteiger partial charge in [-0.05, 0) is 43.2 Å². The van der Waals surface area contributed by atoms with E-state index in [0.29, 0.717) is 85.9 Å². The molecular formula is C35H36N10O6. The molecule has 262 valence electrons. The van der Waals surface area contributed by atoms with Crippen molar-refractivity contribution in [2.45, 2.75) is 32.4 Å². The molecule has 16 heteroatoms. The molecular weight excluding hydrogens is 656 g/mol. The molecule has 3 N–H and O–H groups in total. The van der Waals surface area contributed by atoms with E-state index in [-0.39, 0.29) is 18.0 Å². The van der Waals surface area contributed by atoms with Crippen LogP contribution in [-0.2, 0) is 11.3 Å². The molecule has 0 bridgehead atoms. The van der Waals surface area contributed by atoms with E-state index >= 15 is 0 Å². The Morgan fingerprint density at radius 1 is 1.02 bits per heavy atom. The average molecular weight is 693 g/mol. The molecule has 3 aliphatic heterocycles. The lowest BCUT2D eigenvalue weighted by Gasteiger charge is -2.34. The summed E-state index contributed by atoms with van der Waals surface area (Å²) >= 11 is 0. The van der Waals surface area contributed by atoms with Gasteiger partial charge in [0.25, 0.3) is 11.9 Å². The Kier molecular flexibility index (Phi) is 8.53. The number of oxazole rings is 2. The number of hydrogen-bond acceptors (Lipinski definition) is 13. The highest BCUT2D eigenvalue weighted by atomic mass is 16.4. The number of benzene rings is 1. The number of anilines is 4. The third kappa shape index (κ3) is 6.82. The van der Waals surface area contributed by atoms with E-state index in [4.69, 9.17) is 18.8 Å². The van der Waals surface area contributed by atoms with Gasteiger partial charge >= 0.3 is 6.03 Å². The monoisotopic (exact) mass is 692 g/mol. The van der Waals surface area contributed by atoms with Crippen LogP contribution in [-0.4, -0.2) is 99.7 Å². The summed E-state index contributed by atoms with van der Waals surface area (Å²) in [7, 11) is 0. The third-order valence-electron chi connectivity index (χ3n) is 9.27. The molecule has 7 heterocycles. The Hall–Kier alpha value is -5.87. The summed E-state index contributed by atoms with van der Waals surface area (Å²) in [5.74, 6) is 0.0594. The maximum absolute atomic E-state index is 13.4. The Bertz CT molecular complexity index is 2120. The predicted octanol–water partition coefficient (Wildman–Crippen LogP) is 3.17. The summed E-state index contributed by atoms with van der Waals surface area (Å²) in [5.41, 5.74) is 4.67. The minimum atomic E-state index is -0.505. The number of imide groups is 1. The van der Waals surface area contributed by atoms with E-state index < -0.39 is 18.0 Å². The molecule has 8 rings (SSSR count). The van der Waals surface area contributed by atoms with Gasteiger partial charge in [-0.1, -0.05) is 12.1 Å². The third-order valence-corrected chi connectivity index (χ3v) is 9.27. The van der Waals surface area contributed by atoms with Crippen LogP contribution in [0.15, 0.2) is 63.8 Å². The molecule has 0 saturated carbocycles. The molecule has 4 amide bonds. The van der Waals surface area contributed by atoms with Gasteiger partial charge < -0.3 is 29.1 Å². The second-order valence-electron chi connectivity index (χ2n) is 12.9. The van der Waals surface area contributed by atoms with E-state index in [9.17, 15) is 19.5 Å². The number of fused-ring (bicyclic) bond motifs is 1. The number of hydrogen-bond donors (Lipinski definition) is 3. The number of aliphatic hydroxyl groups is 1. The summed E-state index contributed by atoms with van der Waals surface area (Å²) in [6, 6.07) is 13.2. The smallest absolute Gasteiger partial charge is 0.328 e. The number of rotatable bonds is 8. The van der Waals surface area contributed by atoms with Crippen LogP contribution in [0.4, 0.5) is 28.0 Å². The molecule has 5 aromatic rings. The zero-order valence-electron chi connectivity index (χ0n) is 27.9. The van der Waals surface area contributed by atoms with Gasteiger partial charge in [-0.3, -0.25) is 29.7 Å². The molecule has 3 saturated heterocycles. The predicted molar refractivity (Wildman–Crippen MR) is 186 cm³/mol. The van der Waals surface area contributed by atoms with Crippen LogP contribution in [0.3, 0.4) is 0 Å². The summed E-state index contributed by atoms with van der Waals surface area (Å²) in [6.45, 7) is 6.72. The number of carbonyl (C=O) groups excluding carboxylic acids is 3. The van der Waals surface area contributed by atoms with Gasteiger partial charge in [-0.2, -0.15) is 4.98 Å². The number of urea groups is 1. The van der Waals surface area contributed by atoms with Crippen molar-refractivity contribution in [2.24, 2.45) is 0 Å². The first kappa shape index (κ1) is 32.3. The lowest BCUT2D eigenvalue weighted by molar-refractivity contribution is -0.120. The van der Waals surface area contributed by atoms with Gasteiger partial charge in [0.1, 0.15) is 6.26 Å². The van der Waals surface area contributed by atoms with Gasteiger partial charge in [0.05, 0.1) is 11.8 Å². The lowest BCUT2D eigenvalue weighted by Crippen LogP contribution is -2.49. The average Bonchev–Trinajstić information content (AvgIpc) is 3.89. The standard InChI is InChI=1S/C35H36N10O6/c1-21-15-23(5-8-36-21)33-38-27(20-50-33)32(48)37-26-17-28-30(40-31(26)44-9-6-25(46)19-44)41-35(51-28)43-13-11-42(12-14-43)18-22-3-2-4-24(16-22)45-10-7-29(47)39-34(45)49/h2-5,8,15-17,20,25,46H,6-7,9-14,18-19H2,1H3,(H,37,48)(H,39,47,49)/t25-/m1/s1. The van der Waals surface area contributed by atoms with Crippen molar-refractivity contribution in [3.8, 4) is 11.5 Å². The van der Waals surface area contributed by atoms with Crippen molar-refractivity contribution in [2.75, 3.05) is 65.8 Å². The quantitative estimate of drug-likeness (QED) is 0.216. The van der Waals surface area contributed by atoms with E-state index in [1.165, 1.54) is 6.26 Å². The van der Waals surface area contributed by atoms with Crippen molar-refractivity contribution in [3.05, 3.63) is 71.9 Å². The van der Waals surface area contributed by atoms with Crippen LogP contribution >= 0.6 is 0 Å². The molecule has 4 aromatic heterocycles. The van der Waals surface area contributed by atoms with Gasteiger partial charge in [-0.15, -0.1) is 0 Å². The Balaban J connectivity index is 0.965. The molecule has 0 radical (unpaired) electrons. The Morgan fingerprint density at radius 2 is 1.88 bits per heavy atom. The number of aromatic nitrogens is 4. The summed E-state index contributed by atoms with van der Waals surface area (Å²) in [6.07, 6.45) is 3.32. The molecule has 0 spiro atoms. The summed E-state index contributed by atoms with van der Waals surface area (Å²) in [4.78, 5) is 63.3. The highest BCUT2D eigenvalue weighted by molar-refractivity contribution is 6.06. The second kappa shape index (κ2) is 13.4. The molecule has 16 nitrogen and oxygen atoms in total. The van der Waals surface area contributed by atoms with Crippen molar-refractivity contribution in [3.63, 3.8) is 0 Å². The van der Waals surface area contributed by atoms with Crippen molar-refractivity contribution < 1.29 is 28.3 Å². The number of piperazine rings is 1. The van der Waals surface area contributed by atoms with E-state index in [1.807, 2.05) is 42.2 Å². The maximum Gasteiger partial charge on any atom is 0.328 e. The number of aryl methyl sites for hydroxylation is 1. The van der Waals surface area contributed by atoms with Crippen LogP contribution in [0.1, 0.15) is 34.6 Å². The van der Waals surface area contributed by atoms with Gasteiger partial charge in [0, 0.05) is 88.0 Å². The molecule has 3 aliphatic rings. The normalized spacial score (nSPS) is 18.5. The Labute approximate surface area is 292 Å². The number of nitrogens with one attached hydrogen (secondary N) is 2. The number of amides is 4. The van der Waals surface area contributed by atoms with Crippen molar-refractivity contribution in [1.82, 2.24) is 30.2 Å². The number of nitrogens with zero attached hydrogens (tertiary/aromatic N) is 8. The summed E-state index contributed by atoms with van der Waals surface area (Å²) < 4.78 is 11.8. The zero-order chi connectivity index (χ0) is 35.1. The molecule has 51 heavy (non-hydrogen) atoms. The highest BCUT2D eigenvalue weighted by Gasteiger charge is 2.29. The van der Waals surface area contributed by atoms with Crippen LogP contribution in [0, 0.1) is 6.92 Å². The second-order valence-corrected chi connectivity index (χ2v) is 12.9. The fraction of sp³-hybridized carbons (Fsp3) is 0.343. The largest absolute Gasteiger partial charge is 0.444 e. The number of carbonyl (C=O) groups is 3. The van der Waals surface area contributed by atoms with E-state index in [2.05, 4.69) is 30.4 Å². The minimum absolute atomic E-state index is 0.100. The SMILES string of the molecule is Cc1cc(-c2nc(C(=O)Nc3cc4oc(N5CCN(Cc6cccc(N7CCC(=O)NC7=O)c6)CC5)nc4nc3N3CC[C@@H](O)C3)co2)ccn1. The van der Waals surface area contributed by atoms with Gasteiger partial charge in [-0.25, -0.2) is 14.8 Å². The van der Waals surface area contributed by atoms with Crippen LogP contribution in [0.5, 0.6) is 0 Å². The van der Waals surface area contributed by atoms with Gasteiger partial charge in [0.2, 0.25) is 17.4 Å². The molecule has 1 aromatic carbocycles.